The molecule has 0 bridgehead atoms. The fourth-order valence-electron chi connectivity index (χ4n) is 2.94. The van der Waals surface area contributed by atoms with Crippen LogP contribution in [-0.4, -0.2) is 28.5 Å². The van der Waals surface area contributed by atoms with Crippen molar-refractivity contribution in [3.63, 3.8) is 0 Å². The molecule has 3 aromatic carbocycles. The van der Waals surface area contributed by atoms with Gasteiger partial charge in [-0.25, -0.2) is 13.1 Å². The Morgan fingerprint density at radius 3 is 2.39 bits per heavy atom. The van der Waals surface area contributed by atoms with Crippen LogP contribution in [-0.2, 0) is 23.2 Å². The number of amides is 1. The highest BCUT2D eigenvalue weighted by molar-refractivity contribution is 7.89. The van der Waals surface area contributed by atoms with Gasteiger partial charge in [-0.3, -0.25) is 4.79 Å². The van der Waals surface area contributed by atoms with Gasteiger partial charge in [0.25, 0.3) is 5.91 Å². The lowest BCUT2D eigenvalue weighted by atomic mass is 10.1. The van der Waals surface area contributed by atoms with Gasteiger partial charge in [0.15, 0.2) is 0 Å². The summed E-state index contributed by atoms with van der Waals surface area (Å²) in [7, 11) is -1.09. The molecule has 0 radical (unpaired) electrons. The number of methoxy groups -OCH3 is 1. The van der Waals surface area contributed by atoms with Crippen LogP contribution >= 0.6 is 0 Å². The van der Waals surface area contributed by atoms with Crippen LogP contribution in [0.2, 0.25) is 0 Å². The quantitative estimate of drug-likeness (QED) is 0.533. The SMILES string of the molecule is CNS(=O)(=O)c1cc(C(=O)NCc2cccc(COc3ccccc3)c2)ccc1OC. The van der Waals surface area contributed by atoms with Gasteiger partial charge in [-0.15, -0.1) is 0 Å². The third-order valence-electron chi connectivity index (χ3n) is 4.58. The van der Waals surface area contributed by atoms with Crippen molar-refractivity contribution in [1.82, 2.24) is 10.0 Å². The van der Waals surface area contributed by atoms with Crippen LogP contribution in [0.5, 0.6) is 11.5 Å². The van der Waals surface area contributed by atoms with Crippen molar-refractivity contribution in [3.05, 3.63) is 89.5 Å². The van der Waals surface area contributed by atoms with Gasteiger partial charge in [0.1, 0.15) is 23.0 Å². The first kappa shape index (κ1) is 22.3. The zero-order valence-electron chi connectivity index (χ0n) is 17.3. The van der Waals surface area contributed by atoms with Crippen LogP contribution in [0, 0.1) is 0 Å². The van der Waals surface area contributed by atoms with E-state index in [4.69, 9.17) is 9.47 Å². The monoisotopic (exact) mass is 440 g/mol. The van der Waals surface area contributed by atoms with Crippen molar-refractivity contribution in [2.45, 2.75) is 18.0 Å². The molecule has 2 N–H and O–H groups in total. The maximum atomic E-state index is 12.6. The summed E-state index contributed by atoms with van der Waals surface area (Å²) in [6.07, 6.45) is 0. The fourth-order valence-corrected chi connectivity index (χ4v) is 3.85. The molecule has 8 heteroatoms. The first-order valence-electron chi connectivity index (χ1n) is 9.58. The number of carbonyl (C=O) groups is 1. The Balaban J connectivity index is 1.66. The Hall–Kier alpha value is -3.36. The Labute approximate surface area is 182 Å². The molecule has 0 aliphatic carbocycles. The van der Waals surface area contributed by atoms with E-state index in [0.717, 1.165) is 16.9 Å². The lowest BCUT2D eigenvalue weighted by molar-refractivity contribution is 0.0950. The highest BCUT2D eigenvalue weighted by Crippen LogP contribution is 2.24. The molecule has 162 valence electrons. The zero-order chi connectivity index (χ0) is 22.3. The van der Waals surface area contributed by atoms with Gasteiger partial charge in [0.2, 0.25) is 10.0 Å². The molecule has 0 aliphatic heterocycles. The molecule has 1 amide bonds. The van der Waals surface area contributed by atoms with Crippen LogP contribution in [0.1, 0.15) is 21.5 Å². The molecular formula is C23H24N2O5S. The number of ether oxygens (including phenoxy) is 2. The smallest absolute Gasteiger partial charge is 0.251 e. The molecule has 0 fully saturated rings. The van der Waals surface area contributed by atoms with Crippen LogP contribution in [0.15, 0.2) is 77.7 Å². The van der Waals surface area contributed by atoms with Gasteiger partial charge in [-0.1, -0.05) is 42.5 Å². The molecule has 0 saturated heterocycles. The molecule has 0 saturated carbocycles. The summed E-state index contributed by atoms with van der Waals surface area (Å²) in [5, 5.41) is 2.81. The molecule has 0 spiro atoms. The van der Waals surface area contributed by atoms with E-state index in [1.165, 1.54) is 32.4 Å². The van der Waals surface area contributed by atoms with Crippen LogP contribution in [0.25, 0.3) is 0 Å². The minimum absolute atomic E-state index is 0.0924. The standard InChI is InChI=1S/C23H24N2O5S/c1-24-31(27,28)22-14-19(11-12-21(22)29-2)23(26)25-15-17-7-6-8-18(13-17)16-30-20-9-4-3-5-10-20/h3-14,24H,15-16H2,1-2H3,(H,25,26). The number of rotatable bonds is 9. The van der Waals surface area contributed by atoms with E-state index in [1.54, 1.807) is 0 Å². The van der Waals surface area contributed by atoms with E-state index in [2.05, 4.69) is 10.0 Å². The number of para-hydroxylation sites is 1. The number of hydrogen-bond acceptors (Lipinski definition) is 5. The zero-order valence-corrected chi connectivity index (χ0v) is 18.1. The van der Waals surface area contributed by atoms with Crippen molar-refractivity contribution >= 4 is 15.9 Å². The van der Waals surface area contributed by atoms with Crippen molar-refractivity contribution in [3.8, 4) is 11.5 Å². The van der Waals surface area contributed by atoms with Gasteiger partial charge in [-0.2, -0.15) is 0 Å². The van der Waals surface area contributed by atoms with Crippen molar-refractivity contribution in [2.75, 3.05) is 14.2 Å². The predicted octanol–water partition coefficient (Wildman–Crippen LogP) is 3.11. The molecular weight excluding hydrogens is 416 g/mol. The highest BCUT2D eigenvalue weighted by Gasteiger charge is 2.20. The number of nitrogens with one attached hydrogen (secondary N) is 2. The Kier molecular flexibility index (Phi) is 7.28. The summed E-state index contributed by atoms with van der Waals surface area (Å²) in [6, 6.07) is 21.5. The molecule has 0 aliphatic rings. The van der Waals surface area contributed by atoms with Crippen molar-refractivity contribution < 1.29 is 22.7 Å². The molecule has 0 aromatic heterocycles. The third kappa shape index (κ3) is 5.84. The number of sulfonamides is 1. The molecule has 0 atom stereocenters. The Morgan fingerprint density at radius 2 is 1.68 bits per heavy atom. The van der Waals surface area contributed by atoms with Crippen molar-refractivity contribution in [2.24, 2.45) is 0 Å². The average molecular weight is 441 g/mol. The molecule has 7 nitrogen and oxygen atoms in total. The maximum Gasteiger partial charge on any atom is 0.251 e. The highest BCUT2D eigenvalue weighted by atomic mass is 32.2. The van der Waals surface area contributed by atoms with Gasteiger partial charge in [0, 0.05) is 12.1 Å². The fraction of sp³-hybridized carbons (Fsp3) is 0.174. The Bertz CT molecular complexity index is 1150. The van der Waals surface area contributed by atoms with E-state index in [1.807, 2.05) is 54.6 Å². The second-order valence-corrected chi connectivity index (χ2v) is 8.53. The molecule has 0 unspecified atom stereocenters. The topological polar surface area (TPSA) is 93.7 Å². The van der Waals surface area contributed by atoms with Gasteiger partial charge < -0.3 is 14.8 Å². The molecule has 3 aromatic rings. The Morgan fingerprint density at radius 1 is 0.935 bits per heavy atom. The van der Waals surface area contributed by atoms with Gasteiger partial charge in [0.05, 0.1) is 7.11 Å². The van der Waals surface area contributed by atoms with E-state index >= 15 is 0 Å². The van der Waals surface area contributed by atoms with Crippen molar-refractivity contribution in [1.29, 1.82) is 0 Å². The summed E-state index contributed by atoms with van der Waals surface area (Å²) in [5.41, 5.74) is 2.10. The number of benzene rings is 3. The lowest BCUT2D eigenvalue weighted by Crippen LogP contribution is -2.24. The second kappa shape index (κ2) is 10.1. The average Bonchev–Trinajstić information content (AvgIpc) is 2.81. The summed E-state index contributed by atoms with van der Waals surface area (Å²) in [6.45, 7) is 0.702. The van der Waals surface area contributed by atoms with E-state index in [0.29, 0.717) is 6.61 Å². The normalized spacial score (nSPS) is 11.0. The van der Waals surface area contributed by atoms with E-state index in [9.17, 15) is 13.2 Å². The van der Waals surface area contributed by atoms with Crippen LogP contribution < -0.4 is 19.5 Å². The largest absolute Gasteiger partial charge is 0.495 e. The summed E-state index contributed by atoms with van der Waals surface area (Å²) in [5.74, 6) is 0.561. The van der Waals surface area contributed by atoms with Gasteiger partial charge in [-0.05, 0) is 48.5 Å². The first-order chi connectivity index (χ1) is 14.9. The molecule has 0 heterocycles. The van der Waals surface area contributed by atoms with Crippen LogP contribution in [0.3, 0.4) is 0 Å². The summed E-state index contributed by atoms with van der Waals surface area (Å²) >= 11 is 0. The van der Waals surface area contributed by atoms with Gasteiger partial charge >= 0.3 is 0 Å². The van der Waals surface area contributed by atoms with E-state index in [-0.39, 0.29) is 28.7 Å². The summed E-state index contributed by atoms with van der Waals surface area (Å²) in [4.78, 5) is 12.5. The first-order valence-corrected chi connectivity index (χ1v) is 11.1. The third-order valence-corrected chi connectivity index (χ3v) is 6.01. The van der Waals surface area contributed by atoms with E-state index < -0.39 is 10.0 Å². The lowest BCUT2D eigenvalue weighted by Gasteiger charge is -2.12. The minimum Gasteiger partial charge on any atom is -0.495 e. The maximum absolute atomic E-state index is 12.6. The van der Waals surface area contributed by atoms with Crippen LogP contribution in [0.4, 0.5) is 0 Å². The second-order valence-electron chi connectivity index (χ2n) is 6.68. The molecule has 31 heavy (non-hydrogen) atoms. The predicted molar refractivity (Wildman–Crippen MR) is 118 cm³/mol. The minimum atomic E-state index is -3.77. The summed E-state index contributed by atoms with van der Waals surface area (Å²) < 4.78 is 37.5. The number of hydrogen-bond donors (Lipinski definition) is 2. The molecule has 3 rings (SSSR count). The number of carbonyl (C=O) groups excluding carboxylic acids is 1.